The molecule has 1 fully saturated rings. The number of aromatic nitrogens is 1. The van der Waals surface area contributed by atoms with E-state index in [9.17, 15) is 18.4 Å². The Morgan fingerprint density at radius 2 is 2.04 bits per heavy atom. The van der Waals surface area contributed by atoms with Gasteiger partial charge in [0.2, 0.25) is 0 Å². The van der Waals surface area contributed by atoms with Crippen LogP contribution >= 0.6 is 0 Å². The molecular formula is C17H20F2N2O4. The Bertz CT molecular complexity index is 845. The molecule has 0 atom stereocenters. The van der Waals surface area contributed by atoms with Crippen LogP contribution in [0.5, 0.6) is 0 Å². The van der Waals surface area contributed by atoms with Gasteiger partial charge in [-0.1, -0.05) is 0 Å². The molecule has 2 aromatic rings. The fourth-order valence-electron chi connectivity index (χ4n) is 2.54. The van der Waals surface area contributed by atoms with Crippen molar-refractivity contribution in [3.8, 4) is 0 Å². The standard InChI is InChI=1S/C14H14F2N2O.C3H6O3/c1-17(2)14-10(15)7-9-11(19)5-6-18(8-3-4-8)13(9)12(14)16;1-2-6-3(4)5/h5-8H,3-4H2,1-2H3;2H2,1H3,(H,4,5). The number of halogens is 2. The summed E-state index contributed by atoms with van der Waals surface area (Å²) in [5.74, 6) is -1.37. The summed E-state index contributed by atoms with van der Waals surface area (Å²) in [5.41, 5.74) is -0.248. The molecule has 1 saturated carbocycles. The number of ether oxygens (including phenoxy) is 1. The van der Waals surface area contributed by atoms with Gasteiger partial charge in [0.25, 0.3) is 0 Å². The number of fused-ring (bicyclic) bond motifs is 1. The van der Waals surface area contributed by atoms with E-state index in [2.05, 4.69) is 4.74 Å². The van der Waals surface area contributed by atoms with Gasteiger partial charge >= 0.3 is 6.16 Å². The van der Waals surface area contributed by atoms with Crippen molar-refractivity contribution in [1.82, 2.24) is 4.57 Å². The topological polar surface area (TPSA) is 71.8 Å². The number of nitrogens with zero attached hydrogens (tertiary/aromatic N) is 2. The second kappa shape index (κ2) is 7.50. The van der Waals surface area contributed by atoms with Crippen LogP contribution in [0.2, 0.25) is 0 Å². The van der Waals surface area contributed by atoms with E-state index in [4.69, 9.17) is 5.11 Å². The number of carboxylic acid groups (broad SMARTS) is 1. The fraction of sp³-hybridized carbons (Fsp3) is 0.412. The van der Waals surface area contributed by atoms with E-state index in [1.54, 1.807) is 31.8 Å². The first-order chi connectivity index (χ1) is 11.8. The highest BCUT2D eigenvalue weighted by Gasteiger charge is 2.27. The van der Waals surface area contributed by atoms with Crippen molar-refractivity contribution >= 4 is 22.7 Å². The average Bonchev–Trinajstić information content (AvgIpc) is 3.33. The molecule has 25 heavy (non-hydrogen) atoms. The third-order valence-electron chi connectivity index (χ3n) is 3.73. The van der Waals surface area contributed by atoms with Crippen molar-refractivity contribution in [2.24, 2.45) is 0 Å². The van der Waals surface area contributed by atoms with E-state index in [0.717, 1.165) is 18.9 Å². The van der Waals surface area contributed by atoms with Crippen LogP contribution in [0.3, 0.4) is 0 Å². The summed E-state index contributed by atoms with van der Waals surface area (Å²) in [4.78, 5) is 22.6. The van der Waals surface area contributed by atoms with Gasteiger partial charge in [-0.3, -0.25) is 4.79 Å². The molecule has 0 unspecified atom stereocenters. The Hall–Kier alpha value is -2.64. The number of rotatable bonds is 3. The molecule has 136 valence electrons. The second-order valence-corrected chi connectivity index (χ2v) is 5.83. The van der Waals surface area contributed by atoms with E-state index in [1.807, 2.05) is 0 Å². The van der Waals surface area contributed by atoms with E-state index in [1.165, 1.54) is 11.0 Å². The summed E-state index contributed by atoms with van der Waals surface area (Å²) in [5, 5.41) is 7.80. The zero-order valence-corrected chi connectivity index (χ0v) is 14.3. The lowest BCUT2D eigenvalue weighted by molar-refractivity contribution is 0.0966. The van der Waals surface area contributed by atoms with Crippen LogP contribution in [0.15, 0.2) is 23.1 Å². The lowest BCUT2D eigenvalue weighted by Crippen LogP contribution is -2.16. The van der Waals surface area contributed by atoms with Crippen molar-refractivity contribution in [2.45, 2.75) is 25.8 Å². The molecule has 0 spiro atoms. The molecule has 0 aliphatic heterocycles. The number of hydrogen-bond acceptors (Lipinski definition) is 4. The average molecular weight is 354 g/mol. The van der Waals surface area contributed by atoms with Gasteiger partial charge in [0, 0.05) is 32.4 Å². The van der Waals surface area contributed by atoms with E-state index in [-0.39, 0.29) is 34.7 Å². The van der Waals surface area contributed by atoms with Crippen LogP contribution in [0.25, 0.3) is 10.9 Å². The zero-order valence-electron chi connectivity index (χ0n) is 14.3. The number of pyridine rings is 1. The first-order valence-electron chi connectivity index (χ1n) is 7.83. The lowest BCUT2D eigenvalue weighted by atomic mass is 10.1. The fourth-order valence-corrected chi connectivity index (χ4v) is 2.54. The molecule has 6 nitrogen and oxygen atoms in total. The maximum Gasteiger partial charge on any atom is 0.505 e. The molecular weight excluding hydrogens is 334 g/mol. The molecule has 1 aliphatic rings. The van der Waals surface area contributed by atoms with Gasteiger partial charge < -0.3 is 19.3 Å². The Labute approximate surface area is 143 Å². The number of hydrogen-bond donors (Lipinski definition) is 1. The largest absolute Gasteiger partial charge is 0.505 e. The van der Waals surface area contributed by atoms with Crippen LogP contribution in [0.1, 0.15) is 25.8 Å². The Morgan fingerprint density at radius 1 is 1.40 bits per heavy atom. The second-order valence-electron chi connectivity index (χ2n) is 5.83. The Kier molecular flexibility index (Phi) is 5.61. The number of carbonyl (C=O) groups is 1. The van der Waals surface area contributed by atoms with E-state index < -0.39 is 17.8 Å². The van der Waals surface area contributed by atoms with Crippen LogP contribution in [0.4, 0.5) is 19.3 Å². The lowest BCUT2D eigenvalue weighted by Gasteiger charge is -2.18. The summed E-state index contributed by atoms with van der Waals surface area (Å²) in [7, 11) is 3.16. The van der Waals surface area contributed by atoms with Crippen molar-refractivity contribution in [1.29, 1.82) is 0 Å². The molecule has 0 radical (unpaired) electrons. The minimum atomic E-state index is -1.21. The van der Waals surface area contributed by atoms with Gasteiger partial charge in [-0.05, 0) is 25.8 Å². The molecule has 0 amide bonds. The quantitative estimate of drug-likeness (QED) is 0.856. The summed E-state index contributed by atoms with van der Waals surface area (Å²) in [6.07, 6.45) is 2.32. The minimum Gasteiger partial charge on any atom is -0.450 e. The van der Waals surface area contributed by atoms with Crippen molar-refractivity contribution < 1.29 is 23.4 Å². The van der Waals surface area contributed by atoms with Gasteiger partial charge in [-0.15, -0.1) is 0 Å². The summed E-state index contributed by atoms with van der Waals surface area (Å²) >= 11 is 0. The summed E-state index contributed by atoms with van der Waals surface area (Å²) < 4.78 is 34.2. The predicted octanol–water partition coefficient (Wildman–Crippen LogP) is 3.38. The van der Waals surface area contributed by atoms with Gasteiger partial charge in [-0.25, -0.2) is 13.6 Å². The number of benzene rings is 1. The first-order valence-corrected chi connectivity index (χ1v) is 7.83. The highest BCUT2D eigenvalue weighted by molar-refractivity contribution is 5.84. The van der Waals surface area contributed by atoms with Gasteiger partial charge in [-0.2, -0.15) is 0 Å². The highest BCUT2D eigenvalue weighted by Crippen LogP contribution is 2.38. The SMILES string of the molecule is CCOC(=O)O.CN(C)c1c(F)cc2c(=O)ccn(C3CC3)c2c1F. The maximum absolute atomic E-state index is 14.6. The van der Waals surface area contributed by atoms with Crippen molar-refractivity contribution in [3.05, 3.63) is 40.2 Å². The molecule has 3 rings (SSSR count). The third kappa shape index (κ3) is 4.07. The molecule has 1 N–H and O–H groups in total. The van der Waals surface area contributed by atoms with Crippen molar-refractivity contribution in [2.75, 3.05) is 25.6 Å². The molecule has 0 saturated heterocycles. The third-order valence-corrected chi connectivity index (χ3v) is 3.73. The molecule has 1 aromatic heterocycles. The number of anilines is 1. The van der Waals surface area contributed by atoms with Crippen molar-refractivity contribution in [3.63, 3.8) is 0 Å². The van der Waals surface area contributed by atoms with Crippen LogP contribution in [-0.4, -0.2) is 36.5 Å². The highest BCUT2D eigenvalue weighted by atomic mass is 19.1. The smallest absolute Gasteiger partial charge is 0.450 e. The molecule has 0 bridgehead atoms. The molecule has 8 heteroatoms. The monoisotopic (exact) mass is 354 g/mol. The molecule has 1 aromatic carbocycles. The summed E-state index contributed by atoms with van der Waals surface area (Å²) in [6, 6.07) is 2.72. The van der Waals surface area contributed by atoms with E-state index in [0.29, 0.717) is 0 Å². The van der Waals surface area contributed by atoms with Crippen LogP contribution in [0, 0.1) is 11.6 Å². The zero-order chi connectivity index (χ0) is 18.7. The van der Waals surface area contributed by atoms with Crippen LogP contribution < -0.4 is 10.3 Å². The van der Waals surface area contributed by atoms with Crippen LogP contribution in [-0.2, 0) is 4.74 Å². The molecule has 1 heterocycles. The van der Waals surface area contributed by atoms with Gasteiger partial charge in [0.15, 0.2) is 11.2 Å². The normalized spacial score (nSPS) is 13.2. The Balaban J connectivity index is 0.000000326. The maximum atomic E-state index is 14.6. The van der Waals surface area contributed by atoms with Gasteiger partial charge in [0.05, 0.1) is 17.5 Å². The molecule has 1 aliphatic carbocycles. The van der Waals surface area contributed by atoms with E-state index >= 15 is 0 Å². The predicted molar refractivity (Wildman–Crippen MR) is 90.4 cm³/mol. The van der Waals surface area contributed by atoms with Gasteiger partial charge in [0.1, 0.15) is 11.5 Å². The Morgan fingerprint density at radius 3 is 2.48 bits per heavy atom. The summed E-state index contributed by atoms with van der Waals surface area (Å²) in [6.45, 7) is 1.85. The minimum absolute atomic E-state index is 0.104. The first kappa shape index (κ1) is 18.7.